The Bertz CT molecular complexity index is 2600. The molecule has 8 rings (SSSR count). The zero-order chi connectivity index (χ0) is 33.3. The smallest absolute Gasteiger partial charge is 0.198 e. The van der Waals surface area contributed by atoms with E-state index in [-0.39, 0.29) is 0 Å². The summed E-state index contributed by atoms with van der Waals surface area (Å²) < 4.78 is 2.18. The number of nitriles is 2. The molecule has 0 amide bonds. The van der Waals surface area contributed by atoms with Crippen LogP contribution >= 0.6 is 0 Å². The summed E-state index contributed by atoms with van der Waals surface area (Å²) in [5.41, 5.74) is 8.12. The molecule has 0 atom stereocenters. The molecule has 2 aromatic heterocycles. The third-order valence-corrected chi connectivity index (χ3v) is 8.50. The van der Waals surface area contributed by atoms with Gasteiger partial charge < -0.3 is 4.57 Å². The van der Waals surface area contributed by atoms with Crippen molar-refractivity contribution in [3.05, 3.63) is 162 Å². The lowest BCUT2D eigenvalue weighted by molar-refractivity contribution is 1.07. The molecule has 0 saturated carbocycles. The predicted octanol–water partition coefficient (Wildman–Crippen LogP) is 9.93. The summed E-state index contributed by atoms with van der Waals surface area (Å²) in [6, 6.07) is 49.2. The average Bonchev–Trinajstić information content (AvgIpc) is 3.51. The van der Waals surface area contributed by atoms with E-state index in [2.05, 4.69) is 45.8 Å². The van der Waals surface area contributed by atoms with Crippen molar-refractivity contribution < 1.29 is 0 Å². The van der Waals surface area contributed by atoms with Gasteiger partial charge in [-0.15, -0.1) is 0 Å². The van der Waals surface area contributed by atoms with Gasteiger partial charge in [0.1, 0.15) is 0 Å². The summed E-state index contributed by atoms with van der Waals surface area (Å²) >= 11 is 0. The zero-order valence-corrected chi connectivity index (χ0v) is 25.9. The number of hydrogen-bond acceptors (Lipinski definition) is 5. The van der Waals surface area contributed by atoms with E-state index >= 15 is 0 Å². The second-order valence-corrected chi connectivity index (χ2v) is 11.5. The molecule has 0 aliphatic rings. The Balaban J connectivity index is 1.34. The molecular weight excluding hydrogens is 603 g/mol. The number of nitrogens with zero attached hydrogens (tertiary/aromatic N) is 7. The van der Waals surface area contributed by atoms with E-state index in [4.69, 9.17) is 21.5 Å². The summed E-state index contributed by atoms with van der Waals surface area (Å²) in [5.74, 6) is 1.46. The lowest BCUT2D eigenvalue weighted by Gasteiger charge is -2.13. The molecule has 0 aliphatic carbocycles. The molecule has 7 nitrogen and oxygen atoms in total. The maximum absolute atomic E-state index is 9.57. The number of fused-ring (bicyclic) bond motifs is 3. The first-order valence-corrected chi connectivity index (χ1v) is 15.5. The third-order valence-electron chi connectivity index (χ3n) is 8.50. The predicted molar refractivity (Wildman–Crippen MR) is 192 cm³/mol. The quantitative estimate of drug-likeness (QED) is 0.177. The van der Waals surface area contributed by atoms with E-state index in [1.165, 1.54) is 0 Å². The minimum atomic E-state index is 0.411. The van der Waals surface area contributed by atoms with Crippen molar-refractivity contribution in [2.75, 3.05) is 0 Å². The average molecular weight is 626 g/mol. The second-order valence-electron chi connectivity index (χ2n) is 11.5. The number of para-hydroxylation sites is 1. The van der Waals surface area contributed by atoms with Crippen LogP contribution in [0.4, 0.5) is 5.69 Å². The van der Waals surface area contributed by atoms with Crippen LogP contribution in [0.1, 0.15) is 11.1 Å². The molecule has 0 aliphatic heterocycles. The zero-order valence-electron chi connectivity index (χ0n) is 25.9. The highest BCUT2D eigenvalue weighted by Crippen LogP contribution is 2.38. The molecular formula is C42H23N7. The molecule has 6 aromatic carbocycles. The molecule has 0 fully saturated rings. The van der Waals surface area contributed by atoms with Crippen molar-refractivity contribution in [2.45, 2.75) is 0 Å². The Morgan fingerprint density at radius 2 is 1.10 bits per heavy atom. The van der Waals surface area contributed by atoms with Gasteiger partial charge in [-0.2, -0.15) is 10.5 Å². The Morgan fingerprint density at radius 1 is 0.510 bits per heavy atom. The highest BCUT2D eigenvalue weighted by atomic mass is 15.0. The first kappa shape index (κ1) is 29.0. The topological polar surface area (TPSA) is 95.5 Å². The van der Waals surface area contributed by atoms with Gasteiger partial charge in [0.25, 0.3) is 0 Å². The number of benzene rings is 6. The van der Waals surface area contributed by atoms with Gasteiger partial charge in [-0.3, -0.25) is 0 Å². The molecule has 2 heterocycles. The van der Waals surface area contributed by atoms with E-state index < -0.39 is 0 Å². The SMILES string of the molecule is [C-]#[N+]c1ccc(-n2c3ccccc3c3cc(-c4cc(C#N)cc(C#N)c4)ccc32)cc1-c1nc(-c2ccccc2)nc(-c2ccccc2)n1. The molecule has 226 valence electrons. The summed E-state index contributed by atoms with van der Waals surface area (Å²) in [4.78, 5) is 18.5. The van der Waals surface area contributed by atoms with Gasteiger partial charge in [0.05, 0.1) is 40.9 Å². The van der Waals surface area contributed by atoms with Gasteiger partial charge in [-0.05, 0) is 59.7 Å². The Labute approximate surface area is 282 Å². The third kappa shape index (κ3) is 5.22. The van der Waals surface area contributed by atoms with Crippen molar-refractivity contribution >= 4 is 27.5 Å². The van der Waals surface area contributed by atoms with Crippen molar-refractivity contribution in [1.29, 1.82) is 10.5 Å². The molecule has 0 bridgehead atoms. The summed E-state index contributed by atoms with van der Waals surface area (Å²) in [5, 5.41) is 21.2. The fourth-order valence-electron chi connectivity index (χ4n) is 6.22. The summed E-state index contributed by atoms with van der Waals surface area (Å²) in [6.07, 6.45) is 0. The highest BCUT2D eigenvalue weighted by molar-refractivity contribution is 6.10. The molecule has 0 unspecified atom stereocenters. The molecule has 0 N–H and O–H groups in total. The summed E-state index contributed by atoms with van der Waals surface area (Å²) in [6.45, 7) is 8.05. The van der Waals surface area contributed by atoms with E-state index in [1.54, 1.807) is 18.2 Å². The van der Waals surface area contributed by atoms with Gasteiger partial charge in [-0.1, -0.05) is 91.0 Å². The van der Waals surface area contributed by atoms with Gasteiger partial charge in [0.15, 0.2) is 23.2 Å². The van der Waals surface area contributed by atoms with Crippen molar-refractivity contribution in [2.24, 2.45) is 0 Å². The molecule has 8 aromatic rings. The Morgan fingerprint density at radius 3 is 1.73 bits per heavy atom. The summed E-state index contributed by atoms with van der Waals surface area (Å²) in [7, 11) is 0. The fourth-order valence-corrected chi connectivity index (χ4v) is 6.22. The van der Waals surface area contributed by atoms with Gasteiger partial charge in [-0.25, -0.2) is 19.8 Å². The van der Waals surface area contributed by atoms with E-state index in [1.807, 2.05) is 97.1 Å². The molecule has 0 spiro atoms. The van der Waals surface area contributed by atoms with Crippen LogP contribution in [0.5, 0.6) is 0 Å². The largest absolute Gasteiger partial charge is 0.309 e. The van der Waals surface area contributed by atoms with Crippen LogP contribution in [-0.4, -0.2) is 19.5 Å². The lowest BCUT2D eigenvalue weighted by Crippen LogP contribution is -2.01. The molecule has 0 saturated heterocycles. The van der Waals surface area contributed by atoms with Crippen LogP contribution in [0.25, 0.3) is 77.6 Å². The minimum absolute atomic E-state index is 0.411. The molecule has 49 heavy (non-hydrogen) atoms. The second kappa shape index (κ2) is 12.1. The van der Waals surface area contributed by atoms with Crippen LogP contribution in [0.2, 0.25) is 0 Å². The van der Waals surface area contributed by atoms with Crippen molar-refractivity contribution in [3.63, 3.8) is 0 Å². The number of rotatable bonds is 5. The maximum Gasteiger partial charge on any atom is 0.198 e. The first-order valence-electron chi connectivity index (χ1n) is 15.5. The van der Waals surface area contributed by atoms with Crippen LogP contribution in [0, 0.1) is 29.2 Å². The minimum Gasteiger partial charge on any atom is -0.309 e. The van der Waals surface area contributed by atoms with Crippen molar-refractivity contribution in [3.8, 4) is 63.1 Å². The van der Waals surface area contributed by atoms with Crippen LogP contribution in [0.3, 0.4) is 0 Å². The standard InChI is InChI=1S/C42H23N7/c1-45-37-18-17-33(24-36(37)42-47-40(29-10-4-2-5-11-29)46-41(48-42)30-12-6-3-7-13-30)49-38-15-9-8-14-34(38)35-23-31(16-19-39(35)49)32-21-27(25-43)20-28(22-32)26-44/h2-24H. The van der Waals surface area contributed by atoms with Crippen LogP contribution in [0.15, 0.2) is 140 Å². The number of hydrogen-bond donors (Lipinski definition) is 0. The normalized spacial score (nSPS) is 10.8. The highest BCUT2D eigenvalue weighted by Gasteiger charge is 2.19. The van der Waals surface area contributed by atoms with E-state index in [0.29, 0.717) is 39.9 Å². The number of aromatic nitrogens is 4. The van der Waals surface area contributed by atoms with Crippen molar-refractivity contribution in [1.82, 2.24) is 19.5 Å². The molecule has 0 radical (unpaired) electrons. The lowest BCUT2D eigenvalue weighted by atomic mass is 9.99. The maximum atomic E-state index is 9.57. The van der Waals surface area contributed by atoms with Gasteiger partial charge in [0, 0.05) is 33.2 Å². The van der Waals surface area contributed by atoms with E-state index in [0.717, 1.165) is 49.7 Å². The Hall–Kier alpha value is -7.40. The van der Waals surface area contributed by atoms with Crippen LogP contribution < -0.4 is 0 Å². The van der Waals surface area contributed by atoms with Gasteiger partial charge in [0.2, 0.25) is 0 Å². The molecule has 7 heteroatoms. The van der Waals surface area contributed by atoms with E-state index in [9.17, 15) is 10.5 Å². The van der Waals surface area contributed by atoms with Crippen LogP contribution in [-0.2, 0) is 0 Å². The van der Waals surface area contributed by atoms with Gasteiger partial charge >= 0.3 is 0 Å². The Kier molecular flexibility index (Phi) is 7.16. The monoisotopic (exact) mass is 625 g/mol. The fraction of sp³-hybridized carbons (Fsp3) is 0. The first-order chi connectivity index (χ1) is 24.1.